The minimum absolute atomic E-state index is 0.0254. The maximum absolute atomic E-state index is 13.8. The Morgan fingerprint density at radius 3 is 2.43 bits per heavy atom. The Hall–Kier alpha value is -3.53. The van der Waals surface area contributed by atoms with Gasteiger partial charge in [0.1, 0.15) is 11.4 Å². The number of nitrogens with one attached hydrogen (secondary N) is 1. The third kappa shape index (κ3) is 4.08. The highest BCUT2D eigenvalue weighted by atomic mass is 32.2. The van der Waals surface area contributed by atoms with Gasteiger partial charge < -0.3 is 9.26 Å². The van der Waals surface area contributed by atoms with E-state index in [2.05, 4.69) is 19.8 Å². The van der Waals surface area contributed by atoms with Crippen LogP contribution in [0.15, 0.2) is 53.1 Å². The number of aromatic nitrogens is 3. The fourth-order valence-electron chi connectivity index (χ4n) is 2.92. The lowest BCUT2D eigenvalue weighted by Crippen LogP contribution is -2.18. The van der Waals surface area contributed by atoms with E-state index in [4.69, 9.17) is 9.26 Å². The van der Waals surface area contributed by atoms with E-state index < -0.39 is 15.8 Å². The number of nitrogens with zero attached hydrogens (tertiary/aromatic N) is 3. The summed E-state index contributed by atoms with van der Waals surface area (Å²) in [6, 6.07) is 12.8. The summed E-state index contributed by atoms with van der Waals surface area (Å²) in [7, 11) is -3.83. The van der Waals surface area contributed by atoms with Gasteiger partial charge in [-0.25, -0.2) is 12.8 Å². The van der Waals surface area contributed by atoms with Gasteiger partial charge in [-0.1, -0.05) is 29.4 Å². The summed E-state index contributed by atoms with van der Waals surface area (Å²) < 4.78 is 52.2. The Kier molecular flexibility index (Phi) is 5.08. The fraction of sp³-hybridized carbons (Fsp3) is 0.150. The van der Waals surface area contributed by atoms with E-state index in [9.17, 15) is 12.8 Å². The van der Waals surface area contributed by atoms with Crippen LogP contribution in [0.2, 0.25) is 0 Å². The zero-order chi connectivity index (χ0) is 21.3. The molecule has 2 aromatic carbocycles. The first-order valence-electron chi connectivity index (χ1n) is 8.94. The zero-order valence-corrected chi connectivity index (χ0v) is 16.9. The number of benzene rings is 2. The van der Waals surface area contributed by atoms with Gasteiger partial charge in [0.05, 0.1) is 17.1 Å². The number of sulfonamides is 1. The lowest BCUT2D eigenvalue weighted by atomic mass is 10.2. The molecule has 0 saturated carbocycles. The standard InChI is InChI=1S/C20H17FN4O4S/c1-12-19(13(2)23-20(22-12)28-18-10-6-4-8-15(18)21)25-30(26,27)11-16-14-7-3-5-9-17(14)29-24-16/h3-10,25H,11H2,1-2H3. The summed E-state index contributed by atoms with van der Waals surface area (Å²) in [6.45, 7) is 3.21. The summed E-state index contributed by atoms with van der Waals surface area (Å²) in [6.07, 6.45) is 0. The second kappa shape index (κ2) is 7.71. The van der Waals surface area contributed by atoms with E-state index in [0.29, 0.717) is 28.1 Å². The van der Waals surface area contributed by atoms with Crippen LogP contribution < -0.4 is 9.46 Å². The van der Waals surface area contributed by atoms with Gasteiger partial charge in [-0.15, -0.1) is 0 Å². The Bertz CT molecular complexity index is 1310. The molecule has 0 spiro atoms. The summed E-state index contributed by atoms with van der Waals surface area (Å²) in [5.41, 5.74) is 1.70. The molecule has 0 unspecified atom stereocenters. The van der Waals surface area contributed by atoms with Gasteiger partial charge in [-0.2, -0.15) is 9.97 Å². The molecule has 0 amide bonds. The van der Waals surface area contributed by atoms with Crippen molar-refractivity contribution < 1.29 is 22.1 Å². The molecule has 0 aliphatic carbocycles. The van der Waals surface area contributed by atoms with Crippen molar-refractivity contribution in [2.75, 3.05) is 4.72 Å². The molecule has 0 fully saturated rings. The number of para-hydroxylation sites is 2. The Labute approximate surface area is 171 Å². The van der Waals surface area contributed by atoms with E-state index in [1.165, 1.54) is 18.2 Å². The Morgan fingerprint density at radius 1 is 1.03 bits per heavy atom. The highest BCUT2D eigenvalue weighted by molar-refractivity contribution is 7.91. The first-order chi connectivity index (χ1) is 14.3. The molecule has 2 heterocycles. The van der Waals surface area contributed by atoms with Gasteiger partial charge in [-0.05, 0) is 38.1 Å². The van der Waals surface area contributed by atoms with Crippen molar-refractivity contribution in [3.05, 3.63) is 71.4 Å². The van der Waals surface area contributed by atoms with Gasteiger partial charge in [0.25, 0.3) is 0 Å². The van der Waals surface area contributed by atoms with E-state index >= 15 is 0 Å². The third-order valence-corrected chi connectivity index (χ3v) is 5.49. The van der Waals surface area contributed by atoms with E-state index in [1.807, 2.05) is 0 Å². The first-order valence-corrected chi connectivity index (χ1v) is 10.6. The number of anilines is 1. The number of hydrogen-bond acceptors (Lipinski definition) is 7. The molecule has 154 valence electrons. The van der Waals surface area contributed by atoms with Crippen molar-refractivity contribution in [2.24, 2.45) is 0 Å². The quantitative estimate of drug-likeness (QED) is 0.492. The highest BCUT2D eigenvalue weighted by Crippen LogP contribution is 2.27. The molecule has 0 radical (unpaired) electrons. The predicted molar refractivity (Wildman–Crippen MR) is 108 cm³/mol. The Morgan fingerprint density at radius 2 is 1.70 bits per heavy atom. The van der Waals surface area contributed by atoms with Crippen LogP contribution in [-0.2, 0) is 15.8 Å². The molecule has 0 aliphatic heterocycles. The van der Waals surface area contributed by atoms with Crippen LogP contribution in [0.5, 0.6) is 11.8 Å². The minimum Gasteiger partial charge on any atom is -0.421 e. The molecular formula is C20H17FN4O4S. The van der Waals surface area contributed by atoms with Crippen molar-refractivity contribution in [2.45, 2.75) is 19.6 Å². The second-order valence-corrected chi connectivity index (χ2v) is 8.29. The molecule has 0 saturated heterocycles. The number of halogens is 1. The first kappa shape index (κ1) is 19.8. The lowest BCUT2D eigenvalue weighted by molar-refractivity contribution is 0.409. The lowest BCUT2D eigenvalue weighted by Gasteiger charge is -2.13. The normalized spacial score (nSPS) is 11.6. The van der Waals surface area contributed by atoms with Crippen LogP contribution in [0.3, 0.4) is 0 Å². The molecule has 1 N–H and O–H groups in total. The van der Waals surface area contributed by atoms with Crippen molar-refractivity contribution in [1.82, 2.24) is 15.1 Å². The van der Waals surface area contributed by atoms with Crippen LogP contribution in [0.4, 0.5) is 10.1 Å². The number of aryl methyl sites for hydroxylation is 2. The van der Waals surface area contributed by atoms with Crippen molar-refractivity contribution in [3.63, 3.8) is 0 Å². The second-order valence-electron chi connectivity index (χ2n) is 6.57. The minimum atomic E-state index is -3.83. The SMILES string of the molecule is Cc1nc(Oc2ccccc2F)nc(C)c1NS(=O)(=O)Cc1noc2ccccc12. The third-order valence-electron chi connectivity index (χ3n) is 4.32. The molecule has 4 aromatic rings. The van der Waals surface area contributed by atoms with Crippen molar-refractivity contribution in [1.29, 1.82) is 0 Å². The van der Waals surface area contributed by atoms with Crippen LogP contribution in [0.25, 0.3) is 11.0 Å². The predicted octanol–water partition coefficient (Wildman–Crippen LogP) is 4.11. The molecule has 4 rings (SSSR count). The average molecular weight is 428 g/mol. The number of hydrogen-bond donors (Lipinski definition) is 1. The molecular weight excluding hydrogens is 411 g/mol. The monoisotopic (exact) mass is 428 g/mol. The molecule has 0 aliphatic rings. The van der Waals surface area contributed by atoms with Crippen LogP contribution in [0.1, 0.15) is 17.1 Å². The fourth-order valence-corrected chi connectivity index (χ4v) is 4.17. The van der Waals surface area contributed by atoms with Gasteiger partial charge in [-0.3, -0.25) is 4.72 Å². The van der Waals surface area contributed by atoms with E-state index in [0.717, 1.165) is 0 Å². The van der Waals surface area contributed by atoms with Crippen molar-refractivity contribution >= 4 is 26.7 Å². The zero-order valence-electron chi connectivity index (χ0n) is 16.1. The largest absolute Gasteiger partial charge is 0.421 e. The molecule has 2 aromatic heterocycles. The van der Waals surface area contributed by atoms with Crippen LogP contribution in [-0.4, -0.2) is 23.5 Å². The van der Waals surface area contributed by atoms with Gasteiger partial charge in [0, 0.05) is 5.39 Å². The topological polar surface area (TPSA) is 107 Å². The van der Waals surface area contributed by atoms with Gasteiger partial charge in [0.15, 0.2) is 17.1 Å². The summed E-state index contributed by atoms with van der Waals surface area (Å²) in [5, 5.41) is 4.48. The number of rotatable bonds is 6. The maximum Gasteiger partial charge on any atom is 0.322 e. The molecule has 10 heteroatoms. The van der Waals surface area contributed by atoms with E-state index in [1.54, 1.807) is 44.2 Å². The number of fused-ring (bicyclic) bond motifs is 1. The van der Waals surface area contributed by atoms with Crippen LogP contribution >= 0.6 is 0 Å². The highest BCUT2D eigenvalue weighted by Gasteiger charge is 2.21. The summed E-state index contributed by atoms with van der Waals surface area (Å²) >= 11 is 0. The van der Waals surface area contributed by atoms with Crippen LogP contribution in [0, 0.1) is 19.7 Å². The smallest absolute Gasteiger partial charge is 0.322 e. The van der Waals surface area contributed by atoms with Gasteiger partial charge in [0.2, 0.25) is 10.0 Å². The maximum atomic E-state index is 13.8. The van der Waals surface area contributed by atoms with Crippen molar-refractivity contribution in [3.8, 4) is 11.8 Å². The Balaban J connectivity index is 1.57. The molecule has 30 heavy (non-hydrogen) atoms. The van der Waals surface area contributed by atoms with E-state index in [-0.39, 0.29) is 23.2 Å². The molecule has 0 bridgehead atoms. The average Bonchev–Trinajstić information content (AvgIpc) is 3.09. The molecule has 0 atom stereocenters. The molecule has 8 nitrogen and oxygen atoms in total. The summed E-state index contributed by atoms with van der Waals surface area (Å²) in [5.74, 6) is -0.959. The number of ether oxygens (including phenoxy) is 1. The van der Waals surface area contributed by atoms with Gasteiger partial charge >= 0.3 is 6.01 Å². The summed E-state index contributed by atoms with van der Waals surface area (Å²) in [4.78, 5) is 8.28.